The first-order chi connectivity index (χ1) is 10.3. The van der Waals surface area contributed by atoms with E-state index in [0.29, 0.717) is 0 Å². The fourth-order valence-corrected chi connectivity index (χ4v) is 2.24. The molecular formula is C18H24N2O. The van der Waals surface area contributed by atoms with E-state index in [9.17, 15) is 0 Å². The molecule has 0 unspecified atom stereocenters. The topological polar surface area (TPSA) is 34.2 Å². The molecular weight excluding hydrogens is 260 g/mol. The summed E-state index contributed by atoms with van der Waals surface area (Å²) in [7, 11) is 1.73. The zero-order chi connectivity index (χ0) is 14.9. The predicted molar refractivity (Wildman–Crippen MR) is 87.3 cm³/mol. The molecule has 0 aliphatic carbocycles. The van der Waals surface area contributed by atoms with Gasteiger partial charge in [0.25, 0.3) is 0 Å². The summed E-state index contributed by atoms with van der Waals surface area (Å²) in [6, 6.07) is 10.9. The lowest BCUT2D eigenvalue weighted by atomic mass is 10.0. The Hall–Kier alpha value is -1.71. The summed E-state index contributed by atoms with van der Waals surface area (Å²) in [5.41, 5.74) is 4.91. The van der Waals surface area contributed by atoms with Crippen LogP contribution in [0.1, 0.15) is 24.5 Å². The number of hydrogen-bond donors (Lipinski definition) is 1. The molecule has 3 nitrogen and oxygen atoms in total. The third-order valence-electron chi connectivity index (χ3n) is 3.43. The molecule has 2 rings (SSSR count). The Kier molecular flexibility index (Phi) is 6.38. The van der Waals surface area contributed by atoms with Gasteiger partial charge >= 0.3 is 0 Å². The lowest BCUT2D eigenvalue weighted by Crippen LogP contribution is -2.13. The molecule has 2 aromatic rings. The molecule has 112 valence electrons. The van der Waals surface area contributed by atoms with E-state index in [2.05, 4.69) is 47.6 Å². The second kappa shape index (κ2) is 8.55. The number of nitrogens with one attached hydrogen (secondary N) is 1. The molecule has 0 bridgehead atoms. The molecule has 0 amide bonds. The zero-order valence-corrected chi connectivity index (χ0v) is 12.9. The number of pyridine rings is 1. The van der Waals surface area contributed by atoms with Crippen LogP contribution in [0.4, 0.5) is 0 Å². The highest BCUT2D eigenvalue weighted by atomic mass is 16.5. The van der Waals surface area contributed by atoms with Crippen LogP contribution in [0.25, 0.3) is 11.1 Å². The first-order valence-corrected chi connectivity index (χ1v) is 7.56. The smallest absolute Gasteiger partial charge is 0.0502 e. The summed E-state index contributed by atoms with van der Waals surface area (Å²) in [6.07, 6.45) is 5.96. The molecule has 21 heavy (non-hydrogen) atoms. The molecule has 0 saturated carbocycles. The monoisotopic (exact) mass is 284 g/mol. The summed E-state index contributed by atoms with van der Waals surface area (Å²) in [5.74, 6) is 0. The van der Waals surface area contributed by atoms with E-state index in [0.717, 1.165) is 32.5 Å². The SMILES string of the molecule is CCCNCc1cncc(-c2ccc(CCOC)cc2)c1. The molecule has 1 aromatic carbocycles. The lowest BCUT2D eigenvalue weighted by Gasteiger charge is -2.07. The van der Waals surface area contributed by atoms with Gasteiger partial charge in [-0.05, 0) is 42.1 Å². The largest absolute Gasteiger partial charge is 0.384 e. The molecule has 0 saturated heterocycles. The standard InChI is InChI=1S/C18H24N2O/c1-3-9-19-12-16-11-18(14-20-13-16)17-6-4-15(5-7-17)8-10-21-2/h4-7,11,13-14,19H,3,8-10,12H2,1-2H3. The molecule has 0 fully saturated rings. The quantitative estimate of drug-likeness (QED) is 0.754. The number of methoxy groups -OCH3 is 1. The minimum Gasteiger partial charge on any atom is -0.384 e. The van der Waals surface area contributed by atoms with Gasteiger partial charge in [0, 0.05) is 31.6 Å². The van der Waals surface area contributed by atoms with Gasteiger partial charge in [0.1, 0.15) is 0 Å². The van der Waals surface area contributed by atoms with Crippen LogP contribution in [-0.4, -0.2) is 25.2 Å². The van der Waals surface area contributed by atoms with Crippen LogP contribution < -0.4 is 5.32 Å². The fraction of sp³-hybridized carbons (Fsp3) is 0.389. The van der Waals surface area contributed by atoms with Crippen molar-refractivity contribution in [1.29, 1.82) is 0 Å². The maximum absolute atomic E-state index is 5.11. The highest BCUT2D eigenvalue weighted by molar-refractivity contribution is 5.63. The van der Waals surface area contributed by atoms with Gasteiger partial charge in [0.05, 0.1) is 6.61 Å². The van der Waals surface area contributed by atoms with Crippen molar-refractivity contribution in [3.63, 3.8) is 0 Å². The molecule has 0 aliphatic heterocycles. The van der Waals surface area contributed by atoms with Crippen LogP contribution >= 0.6 is 0 Å². The van der Waals surface area contributed by atoms with Gasteiger partial charge in [0.2, 0.25) is 0 Å². The summed E-state index contributed by atoms with van der Waals surface area (Å²) in [5, 5.41) is 3.41. The second-order valence-corrected chi connectivity index (χ2v) is 5.20. The molecule has 3 heteroatoms. The Morgan fingerprint density at radius 1 is 1.05 bits per heavy atom. The molecule has 0 aliphatic rings. The van der Waals surface area contributed by atoms with Crippen molar-refractivity contribution in [3.8, 4) is 11.1 Å². The van der Waals surface area contributed by atoms with Crippen molar-refractivity contribution >= 4 is 0 Å². The van der Waals surface area contributed by atoms with Crippen LogP contribution in [0.15, 0.2) is 42.7 Å². The van der Waals surface area contributed by atoms with Crippen molar-refractivity contribution in [3.05, 3.63) is 53.9 Å². The van der Waals surface area contributed by atoms with Gasteiger partial charge in [-0.2, -0.15) is 0 Å². The number of nitrogens with zero attached hydrogens (tertiary/aromatic N) is 1. The van der Waals surface area contributed by atoms with Gasteiger partial charge in [-0.25, -0.2) is 0 Å². The minimum atomic E-state index is 0.763. The lowest BCUT2D eigenvalue weighted by molar-refractivity contribution is 0.202. The molecule has 1 heterocycles. The highest BCUT2D eigenvalue weighted by Crippen LogP contribution is 2.20. The summed E-state index contributed by atoms with van der Waals surface area (Å²) in [6.45, 7) is 4.85. The third kappa shape index (κ3) is 4.96. The van der Waals surface area contributed by atoms with Crippen LogP contribution in [0.2, 0.25) is 0 Å². The first-order valence-electron chi connectivity index (χ1n) is 7.56. The average molecular weight is 284 g/mol. The zero-order valence-electron chi connectivity index (χ0n) is 12.9. The molecule has 1 N–H and O–H groups in total. The fourth-order valence-electron chi connectivity index (χ4n) is 2.24. The maximum Gasteiger partial charge on any atom is 0.0502 e. The summed E-state index contributed by atoms with van der Waals surface area (Å²) < 4.78 is 5.11. The van der Waals surface area contributed by atoms with Crippen LogP contribution in [0.3, 0.4) is 0 Å². The van der Waals surface area contributed by atoms with E-state index in [1.54, 1.807) is 7.11 Å². The molecule has 0 spiro atoms. The summed E-state index contributed by atoms with van der Waals surface area (Å²) in [4.78, 5) is 4.35. The Balaban J connectivity index is 2.05. The minimum absolute atomic E-state index is 0.763. The Morgan fingerprint density at radius 2 is 1.86 bits per heavy atom. The van der Waals surface area contributed by atoms with Crippen molar-refractivity contribution in [2.24, 2.45) is 0 Å². The van der Waals surface area contributed by atoms with Gasteiger partial charge in [-0.1, -0.05) is 31.2 Å². The number of ether oxygens (including phenoxy) is 1. The Morgan fingerprint density at radius 3 is 2.57 bits per heavy atom. The van der Waals surface area contributed by atoms with Crippen molar-refractivity contribution < 1.29 is 4.74 Å². The second-order valence-electron chi connectivity index (χ2n) is 5.20. The molecule has 1 aromatic heterocycles. The van der Waals surface area contributed by atoms with Gasteiger partial charge in [-0.3, -0.25) is 4.98 Å². The van der Waals surface area contributed by atoms with Crippen LogP contribution in [-0.2, 0) is 17.7 Å². The summed E-state index contributed by atoms with van der Waals surface area (Å²) >= 11 is 0. The van der Waals surface area contributed by atoms with E-state index in [4.69, 9.17) is 4.74 Å². The normalized spacial score (nSPS) is 10.8. The Bertz CT molecular complexity index is 537. The number of benzene rings is 1. The van der Waals surface area contributed by atoms with Gasteiger partial charge < -0.3 is 10.1 Å². The first kappa shape index (κ1) is 15.7. The molecule has 0 atom stereocenters. The molecule has 0 radical (unpaired) electrons. The van der Waals surface area contributed by atoms with E-state index in [1.807, 2.05) is 12.4 Å². The van der Waals surface area contributed by atoms with E-state index < -0.39 is 0 Å². The Labute approximate surface area is 127 Å². The number of aromatic nitrogens is 1. The van der Waals surface area contributed by atoms with Crippen molar-refractivity contribution in [2.75, 3.05) is 20.3 Å². The van der Waals surface area contributed by atoms with Crippen LogP contribution in [0.5, 0.6) is 0 Å². The number of hydrogen-bond acceptors (Lipinski definition) is 3. The van der Waals surface area contributed by atoms with Crippen molar-refractivity contribution in [1.82, 2.24) is 10.3 Å². The van der Waals surface area contributed by atoms with E-state index in [-0.39, 0.29) is 0 Å². The highest BCUT2D eigenvalue weighted by Gasteiger charge is 2.01. The van der Waals surface area contributed by atoms with E-state index in [1.165, 1.54) is 22.3 Å². The van der Waals surface area contributed by atoms with Gasteiger partial charge in [0.15, 0.2) is 0 Å². The number of rotatable bonds is 8. The van der Waals surface area contributed by atoms with Gasteiger partial charge in [-0.15, -0.1) is 0 Å². The van der Waals surface area contributed by atoms with Crippen molar-refractivity contribution in [2.45, 2.75) is 26.3 Å². The predicted octanol–water partition coefficient (Wildman–Crippen LogP) is 3.44. The van der Waals surface area contributed by atoms with Crippen LogP contribution in [0, 0.1) is 0 Å². The van der Waals surface area contributed by atoms with E-state index >= 15 is 0 Å². The third-order valence-corrected chi connectivity index (χ3v) is 3.43. The average Bonchev–Trinajstić information content (AvgIpc) is 2.54. The maximum atomic E-state index is 5.11.